The lowest BCUT2D eigenvalue weighted by atomic mass is 9.95. The fourth-order valence-electron chi connectivity index (χ4n) is 4.90. The van der Waals surface area contributed by atoms with Gasteiger partial charge < -0.3 is 35.2 Å². The molecule has 10 heteroatoms. The first kappa shape index (κ1) is 31.8. The van der Waals surface area contributed by atoms with Crippen LogP contribution in [0.3, 0.4) is 0 Å². The molecule has 0 radical (unpaired) electrons. The molecule has 3 rings (SSSR count). The van der Waals surface area contributed by atoms with Gasteiger partial charge in [0.05, 0.1) is 33.0 Å². The number of ether oxygens (including phenoxy) is 5. The third kappa shape index (κ3) is 6.27. The fraction of sp³-hybridized carbons (Fsp3) is 0.344. The van der Waals surface area contributed by atoms with Gasteiger partial charge in [-0.05, 0) is 88.1 Å². The zero-order valence-electron chi connectivity index (χ0n) is 25.4. The number of primary amides is 2. The first-order valence-corrected chi connectivity index (χ1v) is 13.4. The van der Waals surface area contributed by atoms with E-state index in [0.29, 0.717) is 76.0 Å². The average molecular weight is 579 g/mol. The Bertz CT molecular complexity index is 1530. The molecule has 224 valence electrons. The van der Waals surface area contributed by atoms with Gasteiger partial charge in [-0.15, -0.1) is 0 Å². The van der Waals surface area contributed by atoms with Gasteiger partial charge in [-0.3, -0.25) is 9.59 Å². The lowest BCUT2D eigenvalue weighted by molar-refractivity contribution is 0.0726. The largest absolute Gasteiger partial charge is 0.495 e. The number of esters is 1. The van der Waals surface area contributed by atoms with Crippen molar-refractivity contribution in [1.29, 1.82) is 0 Å². The van der Waals surface area contributed by atoms with Crippen LogP contribution in [0.15, 0.2) is 24.3 Å². The van der Waals surface area contributed by atoms with Crippen LogP contribution in [0.1, 0.15) is 70.9 Å². The maximum atomic E-state index is 13.6. The van der Waals surface area contributed by atoms with Gasteiger partial charge in [0.25, 0.3) is 5.91 Å². The van der Waals surface area contributed by atoms with E-state index in [9.17, 15) is 14.4 Å². The number of carbonyl (C=O) groups excluding carboxylic acids is 3. The van der Waals surface area contributed by atoms with Gasteiger partial charge in [0.1, 0.15) is 34.3 Å². The summed E-state index contributed by atoms with van der Waals surface area (Å²) in [7, 11) is 2.92. The molecule has 0 aromatic heterocycles. The SMILES string of the molecule is COc1c(C)c(OC(=O)c2c(C)c(C)c(OCCCOc3ccc(C(N)=O)cc3)c(C)c2OC)c(C)c(C)c1C(N)=O. The highest BCUT2D eigenvalue weighted by molar-refractivity contribution is 6.00. The van der Waals surface area contributed by atoms with E-state index in [1.165, 1.54) is 14.2 Å². The van der Waals surface area contributed by atoms with Crippen LogP contribution in [0.5, 0.6) is 28.7 Å². The van der Waals surface area contributed by atoms with Gasteiger partial charge in [0, 0.05) is 23.1 Å². The van der Waals surface area contributed by atoms with Crippen molar-refractivity contribution in [3.05, 3.63) is 74.3 Å². The first-order valence-electron chi connectivity index (χ1n) is 13.4. The summed E-state index contributed by atoms with van der Waals surface area (Å²) in [6, 6.07) is 6.60. The van der Waals surface area contributed by atoms with Crippen LogP contribution >= 0.6 is 0 Å². The molecule has 0 spiro atoms. The summed E-state index contributed by atoms with van der Waals surface area (Å²) in [6.07, 6.45) is 0.586. The highest BCUT2D eigenvalue weighted by atomic mass is 16.5. The number of benzene rings is 3. The van der Waals surface area contributed by atoms with Crippen molar-refractivity contribution in [1.82, 2.24) is 0 Å². The van der Waals surface area contributed by atoms with Gasteiger partial charge >= 0.3 is 5.97 Å². The lowest BCUT2D eigenvalue weighted by Gasteiger charge is -2.22. The van der Waals surface area contributed by atoms with Gasteiger partial charge in [-0.2, -0.15) is 0 Å². The van der Waals surface area contributed by atoms with E-state index < -0.39 is 17.8 Å². The first-order chi connectivity index (χ1) is 19.8. The van der Waals surface area contributed by atoms with Crippen LogP contribution in [0.4, 0.5) is 0 Å². The second-order valence-corrected chi connectivity index (χ2v) is 9.92. The molecule has 0 aliphatic carbocycles. The number of rotatable bonds is 12. The molecule has 10 nitrogen and oxygen atoms in total. The monoisotopic (exact) mass is 578 g/mol. The second-order valence-electron chi connectivity index (χ2n) is 9.92. The van der Waals surface area contributed by atoms with E-state index in [1.807, 2.05) is 13.8 Å². The van der Waals surface area contributed by atoms with E-state index in [1.54, 1.807) is 52.0 Å². The minimum Gasteiger partial charge on any atom is -0.495 e. The topological polar surface area (TPSA) is 149 Å². The van der Waals surface area contributed by atoms with Crippen LogP contribution in [0.25, 0.3) is 0 Å². The van der Waals surface area contributed by atoms with E-state index in [0.717, 1.165) is 5.56 Å². The molecule has 0 aliphatic heterocycles. The van der Waals surface area contributed by atoms with Gasteiger partial charge in [0.15, 0.2) is 0 Å². The van der Waals surface area contributed by atoms with Crippen LogP contribution in [-0.2, 0) is 0 Å². The Hall–Kier alpha value is -4.73. The quantitative estimate of drug-likeness (QED) is 0.176. The van der Waals surface area contributed by atoms with Crippen molar-refractivity contribution in [3.8, 4) is 28.7 Å². The molecule has 3 aromatic carbocycles. The number of amides is 2. The molecule has 0 atom stereocenters. The minimum absolute atomic E-state index is 0.251. The number of hydrogen-bond donors (Lipinski definition) is 2. The fourth-order valence-corrected chi connectivity index (χ4v) is 4.90. The molecule has 4 N–H and O–H groups in total. The molecule has 0 saturated heterocycles. The van der Waals surface area contributed by atoms with Crippen molar-refractivity contribution >= 4 is 17.8 Å². The summed E-state index contributed by atoms with van der Waals surface area (Å²) in [6.45, 7) is 11.4. The van der Waals surface area contributed by atoms with Crippen molar-refractivity contribution in [2.75, 3.05) is 27.4 Å². The number of methoxy groups -OCH3 is 2. The zero-order valence-corrected chi connectivity index (χ0v) is 25.4. The Morgan fingerprint density at radius 3 is 1.64 bits per heavy atom. The second kappa shape index (κ2) is 13.3. The smallest absolute Gasteiger partial charge is 0.347 e. The minimum atomic E-state index is -0.627. The molecule has 0 bridgehead atoms. The molecule has 3 aromatic rings. The summed E-state index contributed by atoms with van der Waals surface area (Å²) < 4.78 is 28.9. The average Bonchev–Trinajstić information content (AvgIpc) is 2.95. The molecule has 0 aliphatic rings. The molecular weight excluding hydrogens is 540 g/mol. The van der Waals surface area contributed by atoms with E-state index in [4.69, 9.17) is 35.2 Å². The summed E-state index contributed by atoms with van der Waals surface area (Å²) in [5, 5.41) is 0. The molecule has 42 heavy (non-hydrogen) atoms. The van der Waals surface area contributed by atoms with Gasteiger partial charge in [-0.25, -0.2) is 4.79 Å². The molecule has 0 fully saturated rings. The van der Waals surface area contributed by atoms with Gasteiger partial charge in [0.2, 0.25) is 5.91 Å². The Balaban J connectivity index is 1.82. The van der Waals surface area contributed by atoms with Crippen LogP contribution in [0, 0.1) is 41.5 Å². The van der Waals surface area contributed by atoms with Crippen molar-refractivity contribution in [3.63, 3.8) is 0 Å². The predicted octanol–water partition coefficient (Wildman–Crippen LogP) is 4.82. The lowest BCUT2D eigenvalue weighted by Crippen LogP contribution is -2.19. The summed E-state index contributed by atoms with van der Waals surface area (Å²) in [5.74, 6) is 0.399. The maximum absolute atomic E-state index is 13.6. The Kier molecular flexibility index (Phi) is 10.1. The summed E-state index contributed by atoms with van der Waals surface area (Å²) in [5.41, 5.74) is 15.5. The van der Waals surface area contributed by atoms with Crippen molar-refractivity contribution in [2.24, 2.45) is 11.5 Å². The van der Waals surface area contributed by atoms with Crippen LogP contribution in [0.2, 0.25) is 0 Å². The highest BCUT2D eigenvalue weighted by Gasteiger charge is 2.28. The normalized spacial score (nSPS) is 10.7. The molecule has 2 amide bonds. The highest BCUT2D eigenvalue weighted by Crippen LogP contribution is 2.41. The number of hydrogen-bond acceptors (Lipinski definition) is 8. The van der Waals surface area contributed by atoms with E-state index >= 15 is 0 Å². The van der Waals surface area contributed by atoms with Crippen molar-refractivity contribution < 1.29 is 38.1 Å². The van der Waals surface area contributed by atoms with E-state index in [2.05, 4.69) is 0 Å². The number of carbonyl (C=O) groups is 3. The Morgan fingerprint density at radius 1 is 0.595 bits per heavy atom. The third-order valence-corrected chi connectivity index (χ3v) is 7.37. The van der Waals surface area contributed by atoms with Gasteiger partial charge in [-0.1, -0.05) is 0 Å². The standard InChI is InChI=1S/C32H38N2O8/c1-16-19(4)27(21(6)28(38-7)24(16)31(34)36)42-32(37)25-17(2)18(3)26(20(5)29(25)39-8)41-15-9-14-40-23-12-10-22(11-13-23)30(33)35/h10-13H,9,14-15H2,1-8H3,(H2,33,35)(H2,34,36). The Morgan fingerprint density at radius 2 is 1.10 bits per heavy atom. The predicted molar refractivity (Wildman–Crippen MR) is 158 cm³/mol. The number of nitrogens with two attached hydrogens (primary N) is 2. The molecule has 0 heterocycles. The van der Waals surface area contributed by atoms with Crippen molar-refractivity contribution in [2.45, 2.75) is 48.0 Å². The van der Waals surface area contributed by atoms with Crippen LogP contribution in [-0.4, -0.2) is 45.2 Å². The molecule has 0 saturated carbocycles. The van der Waals surface area contributed by atoms with Crippen LogP contribution < -0.4 is 35.2 Å². The third-order valence-electron chi connectivity index (χ3n) is 7.37. The van der Waals surface area contributed by atoms with E-state index in [-0.39, 0.29) is 16.9 Å². The zero-order chi connectivity index (χ0) is 31.3. The summed E-state index contributed by atoms with van der Waals surface area (Å²) >= 11 is 0. The molecular formula is C32H38N2O8. The maximum Gasteiger partial charge on any atom is 0.347 e. The molecule has 0 unspecified atom stereocenters. The summed E-state index contributed by atoms with van der Waals surface area (Å²) in [4.78, 5) is 36.9. The Labute approximate surface area is 245 Å².